The first-order valence-corrected chi connectivity index (χ1v) is 8.76. The van der Waals surface area contributed by atoms with E-state index in [9.17, 15) is 19.5 Å². The first kappa shape index (κ1) is 19.6. The molecule has 0 aliphatic heterocycles. The third-order valence-electron chi connectivity index (χ3n) is 3.80. The number of carboxylic acid groups (broad SMARTS) is 1. The Morgan fingerprint density at radius 2 is 1.81 bits per heavy atom. The molecule has 2 rings (SSSR count). The molecule has 4 N–H and O–H groups in total. The number of aromatic nitrogens is 1. The molecule has 0 spiro atoms. The smallest absolute Gasteiger partial charge is 0.326 e. The number of carboxylic acids is 1. The van der Waals surface area contributed by atoms with Crippen molar-refractivity contribution in [1.82, 2.24) is 15.6 Å². The van der Waals surface area contributed by atoms with Crippen LogP contribution < -0.4 is 10.6 Å². The lowest BCUT2D eigenvalue weighted by Crippen LogP contribution is -2.52. The molecule has 2 amide bonds. The minimum Gasteiger partial charge on any atom is -0.480 e. The van der Waals surface area contributed by atoms with Crippen molar-refractivity contribution >= 4 is 30.4 Å². The summed E-state index contributed by atoms with van der Waals surface area (Å²) >= 11 is 4.11. The molecule has 2 aromatic rings. The van der Waals surface area contributed by atoms with Crippen LogP contribution in [0.4, 0.5) is 0 Å². The van der Waals surface area contributed by atoms with Gasteiger partial charge in [-0.3, -0.25) is 9.59 Å². The number of hydrogen-bond donors (Lipinski definition) is 5. The van der Waals surface area contributed by atoms with Gasteiger partial charge in [0.15, 0.2) is 0 Å². The van der Waals surface area contributed by atoms with E-state index in [1.165, 1.54) is 6.20 Å². The van der Waals surface area contributed by atoms with Gasteiger partial charge in [-0.1, -0.05) is 30.3 Å². The van der Waals surface area contributed by atoms with Crippen molar-refractivity contribution in [1.29, 1.82) is 0 Å². The average molecular weight is 375 g/mol. The Labute approximate surface area is 156 Å². The van der Waals surface area contributed by atoms with Crippen LogP contribution in [-0.2, 0) is 16.0 Å². The second-order valence-corrected chi connectivity index (χ2v) is 6.17. The number of carbonyl (C=O) groups is 3. The molecule has 0 aliphatic rings. The fraction of sp³-hybridized carbons (Fsp3) is 0.278. The second kappa shape index (κ2) is 9.67. The van der Waals surface area contributed by atoms with E-state index in [1.807, 2.05) is 6.07 Å². The minimum atomic E-state index is -1.14. The van der Waals surface area contributed by atoms with Crippen LogP contribution in [0.1, 0.15) is 22.3 Å². The van der Waals surface area contributed by atoms with E-state index in [-0.39, 0.29) is 12.8 Å². The lowest BCUT2D eigenvalue weighted by atomic mass is 10.1. The number of H-pyrrole nitrogens is 1. The third-order valence-corrected chi connectivity index (χ3v) is 4.06. The molecule has 8 heteroatoms. The molecule has 1 aromatic carbocycles. The lowest BCUT2D eigenvalue weighted by molar-refractivity contribution is -0.142. The van der Waals surface area contributed by atoms with E-state index in [2.05, 4.69) is 28.2 Å². The molecule has 0 saturated heterocycles. The highest BCUT2D eigenvalue weighted by molar-refractivity contribution is 7.80. The molecular weight excluding hydrogens is 354 g/mol. The highest BCUT2D eigenvalue weighted by Gasteiger charge is 2.26. The summed E-state index contributed by atoms with van der Waals surface area (Å²) in [5.74, 6) is -1.74. The summed E-state index contributed by atoms with van der Waals surface area (Å²) in [5.41, 5.74) is 1.18. The second-order valence-electron chi connectivity index (χ2n) is 5.73. The lowest BCUT2D eigenvalue weighted by Gasteiger charge is -2.21. The minimum absolute atomic E-state index is 0.154. The number of aromatic amines is 1. The van der Waals surface area contributed by atoms with E-state index in [0.29, 0.717) is 11.3 Å². The maximum Gasteiger partial charge on any atom is 0.326 e. The third kappa shape index (κ3) is 5.66. The Kier molecular flexibility index (Phi) is 7.28. The number of carbonyl (C=O) groups excluding carboxylic acids is 2. The largest absolute Gasteiger partial charge is 0.480 e. The molecular formula is C18H21N3O4S. The molecule has 26 heavy (non-hydrogen) atoms. The summed E-state index contributed by atoms with van der Waals surface area (Å²) in [6.45, 7) is 0. The first-order valence-electron chi connectivity index (χ1n) is 8.13. The number of benzene rings is 1. The number of aliphatic carboxylic acids is 1. The molecule has 1 heterocycles. The normalized spacial score (nSPS) is 12.8. The van der Waals surface area contributed by atoms with Crippen molar-refractivity contribution in [3.8, 4) is 0 Å². The Bertz CT molecular complexity index is 734. The van der Waals surface area contributed by atoms with Gasteiger partial charge in [-0.2, -0.15) is 12.6 Å². The summed E-state index contributed by atoms with van der Waals surface area (Å²) in [6, 6.07) is 8.65. The van der Waals surface area contributed by atoms with E-state index in [1.54, 1.807) is 36.5 Å². The average Bonchev–Trinajstić information content (AvgIpc) is 3.16. The fourth-order valence-electron chi connectivity index (χ4n) is 2.43. The predicted molar refractivity (Wildman–Crippen MR) is 100 cm³/mol. The first-order chi connectivity index (χ1) is 12.5. The van der Waals surface area contributed by atoms with Gasteiger partial charge in [0.2, 0.25) is 5.91 Å². The molecule has 7 nitrogen and oxygen atoms in total. The van der Waals surface area contributed by atoms with Gasteiger partial charge in [0, 0.05) is 18.8 Å². The van der Waals surface area contributed by atoms with Gasteiger partial charge in [0.05, 0.1) is 5.56 Å². The van der Waals surface area contributed by atoms with Crippen molar-refractivity contribution in [3.63, 3.8) is 0 Å². The fourth-order valence-corrected chi connectivity index (χ4v) is 2.69. The molecule has 0 fully saturated rings. The number of thiol groups is 1. The highest BCUT2D eigenvalue weighted by Crippen LogP contribution is 2.06. The molecule has 138 valence electrons. The van der Waals surface area contributed by atoms with Gasteiger partial charge in [-0.25, -0.2) is 4.79 Å². The molecule has 2 atom stereocenters. The summed E-state index contributed by atoms with van der Waals surface area (Å²) in [7, 11) is 0. The zero-order valence-corrected chi connectivity index (χ0v) is 14.9. The van der Waals surface area contributed by atoms with Crippen molar-refractivity contribution < 1.29 is 19.5 Å². The van der Waals surface area contributed by atoms with Crippen LogP contribution in [0.5, 0.6) is 0 Å². The zero-order valence-electron chi connectivity index (χ0n) is 14.0. The number of rotatable bonds is 9. The van der Waals surface area contributed by atoms with Crippen molar-refractivity contribution in [2.45, 2.75) is 24.9 Å². The summed E-state index contributed by atoms with van der Waals surface area (Å²) in [5, 5.41) is 14.5. The quantitative estimate of drug-likeness (QED) is 0.425. The van der Waals surface area contributed by atoms with Crippen LogP contribution >= 0.6 is 12.6 Å². The van der Waals surface area contributed by atoms with Gasteiger partial charge in [0.25, 0.3) is 5.91 Å². The summed E-state index contributed by atoms with van der Waals surface area (Å²) in [6.07, 6.45) is 3.55. The molecule has 1 unspecified atom stereocenters. The van der Waals surface area contributed by atoms with Crippen LogP contribution in [0.25, 0.3) is 0 Å². The SMILES string of the molecule is O=C(NC(CCS)C(=O)N[C@H](Cc1ccccc1)C(=O)O)c1cc[nH]c1. The molecule has 0 aliphatic carbocycles. The van der Waals surface area contributed by atoms with Crippen LogP contribution in [0.15, 0.2) is 48.8 Å². The van der Waals surface area contributed by atoms with Crippen LogP contribution in [0.2, 0.25) is 0 Å². The maximum absolute atomic E-state index is 12.5. The molecule has 0 saturated carbocycles. The monoisotopic (exact) mass is 375 g/mol. The summed E-state index contributed by atoms with van der Waals surface area (Å²) in [4.78, 5) is 38.9. The Morgan fingerprint density at radius 3 is 2.38 bits per heavy atom. The van der Waals surface area contributed by atoms with E-state index < -0.39 is 29.9 Å². The van der Waals surface area contributed by atoms with Crippen molar-refractivity contribution in [2.24, 2.45) is 0 Å². The maximum atomic E-state index is 12.5. The Balaban J connectivity index is 2.03. The van der Waals surface area contributed by atoms with E-state index in [0.717, 1.165) is 5.56 Å². The Hall–Kier alpha value is -2.74. The van der Waals surface area contributed by atoms with Gasteiger partial charge >= 0.3 is 5.97 Å². The van der Waals surface area contributed by atoms with Crippen LogP contribution in [0, 0.1) is 0 Å². The molecule has 1 aromatic heterocycles. The van der Waals surface area contributed by atoms with Crippen molar-refractivity contribution in [2.75, 3.05) is 5.75 Å². The van der Waals surface area contributed by atoms with Crippen molar-refractivity contribution in [3.05, 3.63) is 59.9 Å². The van der Waals surface area contributed by atoms with Crippen LogP contribution in [-0.4, -0.2) is 45.7 Å². The van der Waals surface area contributed by atoms with Gasteiger partial charge in [-0.15, -0.1) is 0 Å². The van der Waals surface area contributed by atoms with Crippen LogP contribution in [0.3, 0.4) is 0 Å². The predicted octanol–water partition coefficient (Wildman–Crippen LogP) is 1.25. The highest BCUT2D eigenvalue weighted by atomic mass is 32.1. The van der Waals surface area contributed by atoms with Gasteiger partial charge < -0.3 is 20.7 Å². The van der Waals surface area contributed by atoms with E-state index >= 15 is 0 Å². The standard InChI is InChI=1S/C18H21N3O4S/c22-16(13-6-8-19-11-13)20-14(7-9-26)17(23)21-15(18(24)25)10-12-4-2-1-3-5-12/h1-6,8,11,14-15,19,26H,7,9-10H2,(H,20,22)(H,21,23)(H,24,25)/t14?,15-/m1/s1. The van der Waals surface area contributed by atoms with E-state index in [4.69, 9.17) is 0 Å². The number of amides is 2. The van der Waals surface area contributed by atoms with Gasteiger partial charge in [0.1, 0.15) is 12.1 Å². The molecule has 0 radical (unpaired) electrons. The number of nitrogens with one attached hydrogen (secondary N) is 3. The Morgan fingerprint density at radius 1 is 1.08 bits per heavy atom. The summed E-state index contributed by atoms with van der Waals surface area (Å²) < 4.78 is 0. The number of hydrogen-bond acceptors (Lipinski definition) is 4. The molecule has 0 bridgehead atoms. The topological polar surface area (TPSA) is 111 Å². The van der Waals surface area contributed by atoms with Gasteiger partial charge in [-0.05, 0) is 23.8 Å². The zero-order chi connectivity index (χ0) is 18.9.